The second kappa shape index (κ2) is 13.9. The van der Waals surface area contributed by atoms with Gasteiger partial charge in [0.25, 0.3) is 0 Å². The minimum atomic E-state index is 0. The van der Waals surface area contributed by atoms with Crippen LogP contribution in [0.4, 0.5) is 0 Å². The Bertz CT molecular complexity index is 1940. The van der Waals surface area contributed by atoms with Crippen molar-refractivity contribution in [2.45, 2.75) is 33.6 Å². The second-order valence-electron chi connectivity index (χ2n) is 12.0. The minimum absolute atomic E-state index is 0. The van der Waals surface area contributed by atoms with E-state index in [9.17, 15) is 0 Å². The molecule has 0 N–H and O–H groups in total. The van der Waals surface area contributed by atoms with Gasteiger partial charge in [-0.3, -0.25) is 0 Å². The molecule has 4 aromatic carbocycles. The fourth-order valence-electron chi connectivity index (χ4n) is 5.29. The molecule has 3 nitrogen and oxygen atoms in total. The maximum absolute atomic E-state index is 6.11. The van der Waals surface area contributed by atoms with Crippen molar-refractivity contribution in [2.75, 3.05) is 0 Å². The van der Waals surface area contributed by atoms with Crippen LogP contribution in [0.15, 0.2) is 132 Å². The molecule has 0 bridgehead atoms. The van der Waals surface area contributed by atoms with Crippen molar-refractivity contribution >= 4 is 21.9 Å². The third-order valence-electron chi connectivity index (χ3n) is 7.22. The van der Waals surface area contributed by atoms with Gasteiger partial charge in [0.15, 0.2) is 0 Å². The first-order valence-electron chi connectivity index (χ1n) is 14.7. The first kappa shape index (κ1) is 31.1. The van der Waals surface area contributed by atoms with Gasteiger partial charge in [0.1, 0.15) is 5.58 Å². The van der Waals surface area contributed by atoms with Crippen molar-refractivity contribution in [3.63, 3.8) is 0 Å². The van der Waals surface area contributed by atoms with Gasteiger partial charge in [0, 0.05) is 37.9 Å². The van der Waals surface area contributed by atoms with Crippen LogP contribution in [0.25, 0.3) is 44.5 Å². The Balaban J connectivity index is 0.000000175. The number of hydrogen-bond donors (Lipinski definition) is 0. The van der Waals surface area contributed by atoms with E-state index in [1.165, 1.54) is 16.7 Å². The Morgan fingerprint density at radius 2 is 1.43 bits per heavy atom. The zero-order valence-electron chi connectivity index (χ0n) is 25.2. The molecule has 0 aliphatic rings. The SMILES string of the molecule is CC(C)(C)Cc1ccnc(-c2[c-]ccc3c2oc2ccccc23)c1.[Ir].[c-]1cc(Cc2ccccc2)ccc1-c1ccccn1. The smallest absolute Gasteiger partial charge is 0.120 e. The van der Waals surface area contributed by atoms with Gasteiger partial charge in [-0.1, -0.05) is 110 Å². The van der Waals surface area contributed by atoms with Crippen molar-refractivity contribution in [2.24, 2.45) is 5.41 Å². The fraction of sp³-hybridized carbons (Fsp3) is 0.150. The summed E-state index contributed by atoms with van der Waals surface area (Å²) in [6.07, 6.45) is 5.64. The van der Waals surface area contributed by atoms with Gasteiger partial charge >= 0.3 is 0 Å². The molecule has 7 rings (SSSR count). The maximum Gasteiger partial charge on any atom is 0.120 e. The van der Waals surface area contributed by atoms with Gasteiger partial charge < -0.3 is 14.4 Å². The monoisotopic (exact) mass is 751 g/mol. The summed E-state index contributed by atoms with van der Waals surface area (Å²) in [4.78, 5) is 8.90. The average molecular weight is 751 g/mol. The van der Waals surface area contributed by atoms with Crippen LogP contribution in [0.2, 0.25) is 0 Å². The summed E-state index contributed by atoms with van der Waals surface area (Å²) < 4.78 is 6.11. The van der Waals surface area contributed by atoms with Crippen molar-refractivity contribution in [1.82, 2.24) is 9.97 Å². The number of nitrogens with zero attached hydrogens (tertiary/aromatic N) is 2. The molecular formula is C40H34IrN2O-2. The van der Waals surface area contributed by atoms with E-state index in [1.54, 1.807) is 6.20 Å². The summed E-state index contributed by atoms with van der Waals surface area (Å²) in [7, 11) is 0. The molecule has 0 amide bonds. The average Bonchev–Trinajstić information content (AvgIpc) is 3.41. The van der Waals surface area contributed by atoms with Crippen LogP contribution < -0.4 is 0 Å². The zero-order chi connectivity index (χ0) is 29.6. The minimum Gasteiger partial charge on any atom is -0.501 e. The van der Waals surface area contributed by atoms with E-state index in [0.717, 1.165) is 57.3 Å². The molecule has 7 aromatic rings. The van der Waals surface area contributed by atoms with Crippen LogP contribution >= 0.6 is 0 Å². The number of hydrogen-bond acceptors (Lipinski definition) is 3. The van der Waals surface area contributed by atoms with E-state index in [-0.39, 0.29) is 25.5 Å². The molecule has 0 spiro atoms. The number of benzene rings is 4. The molecule has 0 saturated carbocycles. The van der Waals surface area contributed by atoms with Gasteiger partial charge in [-0.2, -0.15) is 0 Å². The molecule has 221 valence electrons. The van der Waals surface area contributed by atoms with Crippen molar-refractivity contribution < 1.29 is 24.5 Å². The van der Waals surface area contributed by atoms with Crippen LogP contribution in [-0.4, -0.2) is 9.97 Å². The summed E-state index contributed by atoms with van der Waals surface area (Å²) >= 11 is 0. The van der Waals surface area contributed by atoms with Crippen LogP contribution in [0.3, 0.4) is 0 Å². The van der Waals surface area contributed by atoms with E-state index >= 15 is 0 Å². The van der Waals surface area contributed by atoms with Gasteiger partial charge in [-0.05, 0) is 47.8 Å². The van der Waals surface area contributed by atoms with E-state index in [0.29, 0.717) is 0 Å². The first-order chi connectivity index (χ1) is 20.9. The van der Waals surface area contributed by atoms with E-state index in [2.05, 4.69) is 110 Å². The molecule has 3 heterocycles. The molecule has 3 aromatic heterocycles. The van der Waals surface area contributed by atoms with Crippen LogP contribution in [0.1, 0.15) is 37.5 Å². The van der Waals surface area contributed by atoms with Crippen LogP contribution in [-0.2, 0) is 32.9 Å². The first-order valence-corrected chi connectivity index (χ1v) is 14.7. The molecule has 0 fully saturated rings. The van der Waals surface area contributed by atoms with E-state index in [4.69, 9.17) is 4.42 Å². The maximum atomic E-state index is 6.11. The predicted octanol–water partition coefficient (Wildman–Crippen LogP) is 10.2. The van der Waals surface area contributed by atoms with E-state index < -0.39 is 0 Å². The summed E-state index contributed by atoms with van der Waals surface area (Å²) in [6, 6.07) is 45.7. The van der Waals surface area contributed by atoms with Crippen LogP contribution in [0, 0.1) is 17.5 Å². The Labute approximate surface area is 273 Å². The normalized spacial score (nSPS) is 11.1. The molecule has 0 unspecified atom stereocenters. The largest absolute Gasteiger partial charge is 0.501 e. The molecule has 0 aliphatic heterocycles. The number of rotatable bonds is 5. The fourth-order valence-corrected chi connectivity index (χ4v) is 5.29. The van der Waals surface area contributed by atoms with Gasteiger partial charge in [-0.25, -0.2) is 0 Å². The summed E-state index contributed by atoms with van der Waals surface area (Å²) in [5.74, 6) is 0. The number of para-hydroxylation sites is 1. The second-order valence-corrected chi connectivity index (χ2v) is 12.0. The molecular weight excluding hydrogens is 717 g/mol. The van der Waals surface area contributed by atoms with Crippen molar-refractivity contribution in [3.05, 3.63) is 156 Å². The summed E-state index contributed by atoms with van der Waals surface area (Å²) in [5, 5.41) is 2.25. The quantitative estimate of drug-likeness (QED) is 0.165. The van der Waals surface area contributed by atoms with Crippen molar-refractivity contribution in [1.29, 1.82) is 0 Å². The molecule has 0 saturated heterocycles. The summed E-state index contributed by atoms with van der Waals surface area (Å²) in [5.41, 5.74) is 9.74. The topological polar surface area (TPSA) is 38.9 Å². The number of furan rings is 1. The third-order valence-corrected chi connectivity index (χ3v) is 7.22. The van der Waals surface area contributed by atoms with Gasteiger partial charge in [0.2, 0.25) is 0 Å². The Kier molecular flexibility index (Phi) is 9.85. The standard InChI is InChI=1S/C22H20NO.C18H14N.Ir/c1-22(2,3)14-15-11-12-23-19(13-15)18-9-6-8-17-16-7-4-5-10-20(16)24-21(17)18;1-2-6-15(7-3-1)14-16-9-11-17(12-10-16)18-8-4-5-13-19-18;/h4-8,10-13H,14H2,1-3H3;1-11,13H,14H2;/q2*-1;. The van der Waals surface area contributed by atoms with Crippen molar-refractivity contribution in [3.8, 4) is 22.5 Å². The third kappa shape index (κ3) is 7.58. The number of aromatic nitrogens is 2. The Morgan fingerprint density at radius 1 is 0.659 bits per heavy atom. The molecule has 0 aliphatic carbocycles. The molecule has 0 atom stereocenters. The predicted molar refractivity (Wildman–Crippen MR) is 177 cm³/mol. The summed E-state index contributed by atoms with van der Waals surface area (Å²) in [6.45, 7) is 6.75. The Morgan fingerprint density at radius 3 is 2.18 bits per heavy atom. The van der Waals surface area contributed by atoms with Gasteiger partial charge in [0.05, 0.1) is 5.58 Å². The molecule has 1 radical (unpaired) electrons. The molecule has 4 heteroatoms. The molecule has 44 heavy (non-hydrogen) atoms. The number of fused-ring (bicyclic) bond motifs is 3. The van der Waals surface area contributed by atoms with E-state index in [1.807, 2.05) is 54.7 Å². The van der Waals surface area contributed by atoms with Crippen LogP contribution in [0.5, 0.6) is 0 Å². The zero-order valence-corrected chi connectivity index (χ0v) is 27.6. The van der Waals surface area contributed by atoms with Gasteiger partial charge in [-0.15, -0.1) is 53.6 Å². The number of pyridine rings is 2. The Hall–Kier alpha value is -4.37.